The van der Waals surface area contributed by atoms with Crippen molar-refractivity contribution < 1.29 is 18.4 Å². The minimum absolute atomic E-state index is 0.0869. The van der Waals surface area contributed by atoms with Gasteiger partial charge in [-0.1, -0.05) is 12.1 Å². The zero-order valence-corrected chi connectivity index (χ0v) is 15.4. The fraction of sp³-hybridized carbons (Fsp3) is 0.263. The quantitative estimate of drug-likeness (QED) is 0.470. The number of furan rings is 1. The van der Waals surface area contributed by atoms with Gasteiger partial charge in [-0.25, -0.2) is 4.39 Å². The van der Waals surface area contributed by atoms with E-state index in [1.54, 1.807) is 24.5 Å². The zero-order valence-electron chi connectivity index (χ0n) is 14.6. The van der Waals surface area contributed by atoms with Crippen molar-refractivity contribution in [3.05, 3.63) is 59.8 Å². The summed E-state index contributed by atoms with van der Waals surface area (Å²) in [6.07, 6.45) is 3.51. The molecule has 2 heterocycles. The van der Waals surface area contributed by atoms with Crippen molar-refractivity contribution in [2.75, 3.05) is 13.6 Å². The Morgan fingerprint density at radius 3 is 2.74 bits per heavy atom. The van der Waals surface area contributed by atoms with Crippen LogP contribution in [-0.2, 0) is 9.59 Å². The highest BCUT2D eigenvalue weighted by Gasteiger charge is 2.35. The van der Waals surface area contributed by atoms with Gasteiger partial charge in [-0.05, 0) is 48.5 Å². The topological polar surface area (TPSA) is 74.9 Å². The fourth-order valence-electron chi connectivity index (χ4n) is 2.86. The minimum atomic E-state index is -0.991. The van der Waals surface area contributed by atoms with Gasteiger partial charge in [0.15, 0.2) is 11.0 Å². The number of benzene rings is 1. The summed E-state index contributed by atoms with van der Waals surface area (Å²) >= 11 is 4.91. The van der Waals surface area contributed by atoms with Crippen LogP contribution in [0.25, 0.3) is 0 Å². The molecule has 0 aliphatic carbocycles. The summed E-state index contributed by atoms with van der Waals surface area (Å²) < 4.78 is 18.7. The summed E-state index contributed by atoms with van der Waals surface area (Å²) in [5, 5.41) is 2.56. The van der Waals surface area contributed by atoms with Crippen LogP contribution in [0.5, 0.6) is 0 Å². The molecule has 27 heavy (non-hydrogen) atoms. The second-order valence-electron chi connectivity index (χ2n) is 6.13. The van der Waals surface area contributed by atoms with Gasteiger partial charge in [-0.3, -0.25) is 19.5 Å². The molecule has 0 radical (unpaired) electrons. The predicted octanol–water partition coefficient (Wildman–Crippen LogP) is 2.50. The van der Waals surface area contributed by atoms with Crippen LogP contribution in [0.1, 0.15) is 23.7 Å². The number of halogens is 1. The molecule has 0 bridgehead atoms. The standard InChI is InChI=1S/C19H18FN3O3S/c1-23-18(25)15(17(24)22-19(23)27)11-21-9-8-14(16-3-2-10-26-16)12-4-6-13(20)7-5-12/h2-7,10-11,14-15H,8-9H2,1H3,(H,22,24,27)/t14-,15+/m1/s1. The Bertz CT molecular complexity index is 865. The van der Waals surface area contributed by atoms with Gasteiger partial charge in [0.2, 0.25) is 11.8 Å². The summed E-state index contributed by atoms with van der Waals surface area (Å²) in [7, 11) is 1.51. The molecule has 140 valence electrons. The van der Waals surface area contributed by atoms with Gasteiger partial charge in [-0.2, -0.15) is 0 Å². The molecule has 0 saturated carbocycles. The number of hydrogen-bond donors (Lipinski definition) is 1. The van der Waals surface area contributed by atoms with E-state index in [1.165, 1.54) is 30.3 Å². The Labute approximate surface area is 161 Å². The lowest BCUT2D eigenvalue weighted by Gasteiger charge is -2.27. The molecule has 1 aromatic heterocycles. The van der Waals surface area contributed by atoms with E-state index in [0.29, 0.717) is 13.0 Å². The van der Waals surface area contributed by atoms with Gasteiger partial charge in [0, 0.05) is 25.7 Å². The van der Waals surface area contributed by atoms with E-state index in [1.807, 2.05) is 6.07 Å². The molecule has 1 aliphatic rings. The molecule has 6 nitrogen and oxygen atoms in total. The second-order valence-corrected chi connectivity index (χ2v) is 6.52. The zero-order chi connectivity index (χ0) is 19.4. The van der Waals surface area contributed by atoms with E-state index in [0.717, 1.165) is 11.3 Å². The molecule has 3 rings (SSSR count). The van der Waals surface area contributed by atoms with Crippen LogP contribution in [0.4, 0.5) is 4.39 Å². The van der Waals surface area contributed by atoms with Gasteiger partial charge in [0.05, 0.1) is 6.26 Å². The Morgan fingerprint density at radius 1 is 1.33 bits per heavy atom. The van der Waals surface area contributed by atoms with E-state index in [9.17, 15) is 14.0 Å². The van der Waals surface area contributed by atoms with Crippen LogP contribution < -0.4 is 5.32 Å². The first-order valence-corrected chi connectivity index (χ1v) is 8.79. The molecule has 1 N–H and O–H groups in total. The number of amides is 2. The van der Waals surface area contributed by atoms with Gasteiger partial charge >= 0.3 is 0 Å². The monoisotopic (exact) mass is 387 g/mol. The third-order valence-electron chi connectivity index (χ3n) is 4.37. The van der Waals surface area contributed by atoms with E-state index in [2.05, 4.69) is 10.3 Å². The minimum Gasteiger partial charge on any atom is -0.469 e. The average molecular weight is 387 g/mol. The van der Waals surface area contributed by atoms with Crippen molar-refractivity contribution in [1.82, 2.24) is 10.2 Å². The number of nitrogens with one attached hydrogen (secondary N) is 1. The van der Waals surface area contributed by atoms with E-state index in [-0.39, 0.29) is 16.8 Å². The number of aliphatic imine (C=N–C) groups is 1. The number of hydrogen-bond acceptors (Lipinski definition) is 5. The van der Waals surface area contributed by atoms with Crippen LogP contribution in [0, 0.1) is 11.7 Å². The van der Waals surface area contributed by atoms with Crippen LogP contribution in [0.2, 0.25) is 0 Å². The molecule has 2 atom stereocenters. The molecular weight excluding hydrogens is 369 g/mol. The maximum Gasteiger partial charge on any atom is 0.246 e. The largest absolute Gasteiger partial charge is 0.469 e. The molecule has 2 aromatic rings. The lowest BCUT2D eigenvalue weighted by Crippen LogP contribution is -2.56. The normalized spacial score (nSPS) is 18.8. The fourth-order valence-corrected chi connectivity index (χ4v) is 3.05. The van der Waals surface area contributed by atoms with Crippen LogP contribution in [0.15, 0.2) is 52.1 Å². The number of carbonyl (C=O) groups is 2. The summed E-state index contributed by atoms with van der Waals surface area (Å²) in [4.78, 5) is 29.6. The van der Waals surface area contributed by atoms with Crippen molar-refractivity contribution in [2.24, 2.45) is 10.9 Å². The Kier molecular flexibility index (Phi) is 5.75. The summed E-state index contributed by atoms with van der Waals surface area (Å²) in [6.45, 7) is 0.369. The first-order valence-electron chi connectivity index (χ1n) is 8.38. The molecule has 0 unspecified atom stereocenters. The first-order chi connectivity index (χ1) is 13.0. The highest BCUT2D eigenvalue weighted by atomic mass is 32.1. The lowest BCUT2D eigenvalue weighted by atomic mass is 9.93. The Morgan fingerprint density at radius 2 is 2.07 bits per heavy atom. The van der Waals surface area contributed by atoms with Crippen LogP contribution >= 0.6 is 12.2 Å². The third kappa shape index (κ3) is 4.28. The van der Waals surface area contributed by atoms with Gasteiger partial charge in [0.25, 0.3) is 0 Å². The maximum absolute atomic E-state index is 13.2. The van der Waals surface area contributed by atoms with Crippen LogP contribution in [0.3, 0.4) is 0 Å². The van der Waals surface area contributed by atoms with Gasteiger partial charge in [-0.15, -0.1) is 0 Å². The molecule has 1 aromatic carbocycles. The van der Waals surface area contributed by atoms with Crippen LogP contribution in [-0.4, -0.2) is 41.6 Å². The smallest absolute Gasteiger partial charge is 0.246 e. The van der Waals surface area contributed by atoms with Gasteiger partial charge in [0.1, 0.15) is 11.6 Å². The summed E-state index contributed by atoms with van der Waals surface area (Å²) in [5.41, 5.74) is 0.901. The summed E-state index contributed by atoms with van der Waals surface area (Å²) in [6, 6.07) is 9.86. The lowest BCUT2D eigenvalue weighted by molar-refractivity contribution is -0.137. The maximum atomic E-state index is 13.2. The predicted molar refractivity (Wildman–Crippen MR) is 102 cm³/mol. The number of rotatable bonds is 6. The Balaban J connectivity index is 1.68. The molecule has 0 spiro atoms. The molecule has 1 aliphatic heterocycles. The molecule has 8 heteroatoms. The summed E-state index contributed by atoms with van der Waals surface area (Å²) in [5.74, 6) is -1.55. The van der Waals surface area contributed by atoms with Crippen molar-refractivity contribution in [3.8, 4) is 0 Å². The highest BCUT2D eigenvalue weighted by Crippen LogP contribution is 2.28. The molecule has 1 saturated heterocycles. The third-order valence-corrected chi connectivity index (χ3v) is 4.75. The van der Waals surface area contributed by atoms with Crippen molar-refractivity contribution in [2.45, 2.75) is 12.3 Å². The number of nitrogens with zero attached hydrogens (tertiary/aromatic N) is 2. The van der Waals surface area contributed by atoms with Crippen molar-refractivity contribution >= 4 is 35.4 Å². The van der Waals surface area contributed by atoms with E-state index >= 15 is 0 Å². The first kappa shape index (κ1) is 18.9. The van der Waals surface area contributed by atoms with Gasteiger partial charge < -0.3 is 9.73 Å². The highest BCUT2D eigenvalue weighted by molar-refractivity contribution is 7.80. The average Bonchev–Trinajstić information content (AvgIpc) is 3.17. The molecule has 2 amide bonds. The van der Waals surface area contributed by atoms with E-state index < -0.39 is 17.7 Å². The SMILES string of the molecule is CN1C(=O)[C@@H](C=NCC[C@H](c2ccc(F)cc2)c2ccco2)C(=O)NC1=S. The van der Waals surface area contributed by atoms with Crippen molar-refractivity contribution in [1.29, 1.82) is 0 Å². The van der Waals surface area contributed by atoms with Crippen molar-refractivity contribution in [3.63, 3.8) is 0 Å². The molecular formula is C19H18FN3O3S. The second kappa shape index (κ2) is 8.22. The molecule has 1 fully saturated rings. The van der Waals surface area contributed by atoms with E-state index in [4.69, 9.17) is 16.6 Å². The number of thiocarbonyl (C=S) groups is 1. The Hall–Kier alpha value is -2.87. The number of carbonyl (C=O) groups excluding carboxylic acids is 2.